The van der Waals surface area contributed by atoms with Gasteiger partial charge in [0.15, 0.2) is 11.4 Å². The van der Waals surface area contributed by atoms with Crippen LogP contribution in [0.15, 0.2) is 22.6 Å². The average Bonchev–Trinajstić information content (AvgIpc) is 3.16. The zero-order valence-electron chi connectivity index (χ0n) is 14.5. The second kappa shape index (κ2) is 6.33. The first-order valence-corrected chi connectivity index (χ1v) is 7.21. The standard InChI is InChI=1S/C14H10F3N5O3.Li.H/c15-14(16,17)12-20-19-9-6-21(4-5-22(9)12)13-18-10-7(11(23)24)2-1-3-8(10)25-13;;/h1-3H,4-6H2,(H,23,24);;/q;+1;-1. The number of oxazole rings is 1. The van der Waals surface area contributed by atoms with Crippen LogP contribution in [0.3, 0.4) is 0 Å². The van der Waals surface area contributed by atoms with Gasteiger partial charge in [0.1, 0.15) is 5.52 Å². The molecular weight excluding hydrogens is 350 g/mol. The van der Waals surface area contributed by atoms with Gasteiger partial charge in [-0.1, -0.05) is 6.07 Å². The Bertz CT molecular complexity index is 990. The van der Waals surface area contributed by atoms with Crippen molar-refractivity contribution < 1.29 is 47.8 Å². The van der Waals surface area contributed by atoms with Gasteiger partial charge in [-0.05, 0) is 12.1 Å². The molecule has 4 rings (SSSR count). The summed E-state index contributed by atoms with van der Waals surface area (Å²) in [5, 5.41) is 16.0. The predicted molar refractivity (Wildman–Crippen MR) is 78.2 cm³/mol. The van der Waals surface area contributed by atoms with Crippen molar-refractivity contribution in [2.75, 3.05) is 11.4 Å². The summed E-state index contributed by atoms with van der Waals surface area (Å²) in [5.41, 5.74) is 0.470. The van der Waals surface area contributed by atoms with Crippen LogP contribution in [0.1, 0.15) is 23.4 Å². The minimum Gasteiger partial charge on any atom is -1.00 e. The molecule has 3 aromatic rings. The van der Waals surface area contributed by atoms with Gasteiger partial charge in [-0.15, -0.1) is 10.2 Å². The molecule has 0 atom stereocenters. The molecule has 0 unspecified atom stereocenters. The number of carboxylic acid groups (broad SMARTS) is 1. The van der Waals surface area contributed by atoms with Crippen molar-refractivity contribution in [3.8, 4) is 0 Å². The van der Waals surface area contributed by atoms with Gasteiger partial charge >= 0.3 is 31.0 Å². The second-order valence-electron chi connectivity index (χ2n) is 5.46. The maximum atomic E-state index is 12.9. The van der Waals surface area contributed by atoms with Crippen molar-refractivity contribution in [3.63, 3.8) is 0 Å². The number of nitrogens with zero attached hydrogens (tertiary/aromatic N) is 5. The summed E-state index contributed by atoms with van der Waals surface area (Å²) >= 11 is 0. The molecule has 0 fully saturated rings. The van der Waals surface area contributed by atoms with Gasteiger partial charge in [0, 0.05) is 13.1 Å². The molecule has 2 aromatic heterocycles. The van der Waals surface area contributed by atoms with Gasteiger partial charge in [-0.3, -0.25) is 0 Å². The van der Waals surface area contributed by atoms with E-state index in [9.17, 15) is 23.1 Å². The van der Waals surface area contributed by atoms with Crippen LogP contribution < -0.4 is 23.8 Å². The molecule has 0 saturated heterocycles. The molecule has 1 N–H and O–H groups in total. The Hall–Kier alpha value is -2.51. The van der Waals surface area contributed by atoms with Crippen LogP contribution in [0.2, 0.25) is 0 Å². The molecular formula is C14H11F3LiN5O3. The van der Waals surface area contributed by atoms with Crippen LogP contribution in [-0.4, -0.2) is 37.4 Å². The summed E-state index contributed by atoms with van der Waals surface area (Å²) in [6, 6.07) is 4.64. The Balaban J connectivity index is 0.00000131. The number of aromatic nitrogens is 4. The van der Waals surface area contributed by atoms with Crippen molar-refractivity contribution >= 4 is 23.1 Å². The number of carboxylic acids is 1. The first-order chi connectivity index (χ1) is 11.8. The molecule has 3 heterocycles. The number of para-hydroxylation sites is 1. The van der Waals surface area contributed by atoms with Crippen molar-refractivity contribution in [2.45, 2.75) is 19.3 Å². The van der Waals surface area contributed by atoms with Crippen molar-refractivity contribution in [3.05, 3.63) is 35.4 Å². The Kier molecular flexibility index (Phi) is 4.45. The third-order valence-electron chi connectivity index (χ3n) is 3.92. The Morgan fingerprint density at radius 2 is 2.04 bits per heavy atom. The quantitative estimate of drug-likeness (QED) is 0.601. The molecule has 8 nitrogen and oxygen atoms in total. The van der Waals surface area contributed by atoms with E-state index < -0.39 is 18.0 Å². The third kappa shape index (κ3) is 2.93. The molecule has 0 spiro atoms. The molecule has 0 saturated carbocycles. The third-order valence-corrected chi connectivity index (χ3v) is 3.92. The molecule has 0 bridgehead atoms. The zero-order valence-corrected chi connectivity index (χ0v) is 13.5. The van der Waals surface area contributed by atoms with Gasteiger partial charge in [0.05, 0.1) is 12.1 Å². The monoisotopic (exact) mass is 361 g/mol. The Labute approximate surface area is 157 Å². The van der Waals surface area contributed by atoms with Crippen LogP contribution in [0, 0.1) is 0 Å². The maximum Gasteiger partial charge on any atom is 1.00 e. The normalized spacial score (nSPS) is 14.2. The van der Waals surface area contributed by atoms with Crippen LogP contribution in [0.4, 0.5) is 19.2 Å². The number of carbonyl (C=O) groups is 1. The minimum atomic E-state index is -4.57. The zero-order chi connectivity index (χ0) is 17.8. The number of fused-ring (bicyclic) bond motifs is 2. The maximum absolute atomic E-state index is 12.9. The molecule has 12 heteroatoms. The summed E-state index contributed by atoms with van der Waals surface area (Å²) in [7, 11) is 0. The molecule has 0 amide bonds. The largest absolute Gasteiger partial charge is 1.00 e. The Morgan fingerprint density at radius 3 is 2.73 bits per heavy atom. The van der Waals surface area contributed by atoms with Gasteiger partial charge in [0.2, 0.25) is 5.82 Å². The first kappa shape index (κ1) is 18.3. The number of rotatable bonds is 2. The summed E-state index contributed by atoms with van der Waals surface area (Å²) in [6.45, 7) is 0.239. The van der Waals surface area contributed by atoms with E-state index in [-0.39, 0.29) is 68.4 Å². The number of halogens is 3. The van der Waals surface area contributed by atoms with Crippen molar-refractivity contribution in [1.29, 1.82) is 0 Å². The molecule has 26 heavy (non-hydrogen) atoms. The van der Waals surface area contributed by atoms with E-state index >= 15 is 0 Å². The van der Waals surface area contributed by atoms with Crippen LogP contribution >= 0.6 is 0 Å². The van der Waals surface area contributed by atoms with E-state index in [1.165, 1.54) is 12.1 Å². The fraction of sp³-hybridized carbons (Fsp3) is 0.286. The molecule has 1 aliphatic rings. The van der Waals surface area contributed by atoms with Crippen LogP contribution in [0.5, 0.6) is 0 Å². The predicted octanol–water partition coefficient (Wildman–Crippen LogP) is -0.727. The summed E-state index contributed by atoms with van der Waals surface area (Å²) < 4.78 is 45.2. The average molecular weight is 361 g/mol. The van der Waals surface area contributed by atoms with Gasteiger partial charge in [-0.25, -0.2) is 4.79 Å². The Morgan fingerprint density at radius 1 is 1.27 bits per heavy atom. The van der Waals surface area contributed by atoms with E-state index in [2.05, 4.69) is 15.2 Å². The fourth-order valence-electron chi connectivity index (χ4n) is 2.78. The topological polar surface area (TPSA) is 97.3 Å². The molecule has 1 aromatic carbocycles. The minimum absolute atomic E-state index is 0. The van der Waals surface area contributed by atoms with Crippen molar-refractivity contribution in [1.82, 2.24) is 19.7 Å². The fourth-order valence-corrected chi connectivity index (χ4v) is 2.78. The summed E-state index contributed by atoms with van der Waals surface area (Å²) in [4.78, 5) is 17.0. The molecule has 0 radical (unpaired) electrons. The van der Waals surface area contributed by atoms with E-state index in [1.807, 2.05) is 0 Å². The summed E-state index contributed by atoms with van der Waals surface area (Å²) in [5.74, 6) is -2.04. The number of hydrogen-bond donors (Lipinski definition) is 1. The SMILES string of the molecule is O=C(O)c1cccc2oc(N3CCn4c(nnc4C(F)(F)F)C3)nc12.[H-].[Li+]. The number of anilines is 1. The van der Waals surface area contributed by atoms with Crippen molar-refractivity contribution in [2.24, 2.45) is 0 Å². The number of alkyl halides is 3. The smallest absolute Gasteiger partial charge is 1.00 e. The number of benzene rings is 1. The van der Waals surface area contributed by atoms with E-state index in [0.717, 1.165) is 4.57 Å². The molecule has 132 valence electrons. The first-order valence-electron chi connectivity index (χ1n) is 7.21. The van der Waals surface area contributed by atoms with Crippen LogP contribution in [0.25, 0.3) is 11.1 Å². The van der Waals surface area contributed by atoms with Crippen LogP contribution in [-0.2, 0) is 19.3 Å². The number of hydrogen-bond acceptors (Lipinski definition) is 6. The molecule has 0 aliphatic carbocycles. The van der Waals surface area contributed by atoms with Gasteiger partial charge in [0.25, 0.3) is 6.01 Å². The summed E-state index contributed by atoms with van der Waals surface area (Å²) in [6.07, 6.45) is -4.57. The molecule has 1 aliphatic heterocycles. The van der Waals surface area contributed by atoms with E-state index in [0.29, 0.717) is 0 Å². The van der Waals surface area contributed by atoms with E-state index in [1.54, 1.807) is 11.0 Å². The van der Waals surface area contributed by atoms with Gasteiger partial charge in [-0.2, -0.15) is 18.2 Å². The second-order valence-corrected chi connectivity index (χ2v) is 5.46. The number of aromatic carboxylic acids is 1. The van der Waals surface area contributed by atoms with Gasteiger partial charge < -0.3 is 20.4 Å². The van der Waals surface area contributed by atoms with E-state index in [4.69, 9.17) is 4.42 Å².